The molecule has 1 N–H and O–H groups in total. The number of pyridine rings is 1. The molecular formula is C18H20N4O. The van der Waals surface area contributed by atoms with E-state index >= 15 is 0 Å². The average molecular weight is 308 g/mol. The Morgan fingerprint density at radius 3 is 2.87 bits per heavy atom. The van der Waals surface area contributed by atoms with Crippen LogP contribution in [0.5, 0.6) is 0 Å². The van der Waals surface area contributed by atoms with E-state index in [4.69, 9.17) is 0 Å². The van der Waals surface area contributed by atoms with Gasteiger partial charge >= 0.3 is 0 Å². The Labute approximate surface area is 136 Å². The van der Waals surface area contributed by atoms with Gasteiger partial charge in [-0.2, -0.15) is 0 Å². The van der Waals surface area contributed by atoms with Crippen molar-refractivity contribution < 1.29 is 4.79 Å². The van der Waals surface area contributed by atoms with Crippen molar-refractivity contribution in [3.05, 3.63) is 60.8 Å². The van der Waals surface area contributed by atoms with Gasteiger partial charge in [-0.1, -0.05) is 36.9 Å². The minimum absolute atomic E-state index is 0.147. The molecule has 1 atom stereocenters. The van der Waals surface area contributed by atoms with Crippen LogP contribution in [-0.2, 0) is 11.3 Å². The summed E-state index contributed by atoms with van der Waals surface area (Å²) in [7, 11) is 1.72. The van der Waals surface area contributed by atoms with Gasteiger partial charge in [-0.3, -0.25) is 4.79 Å². The summed E-state index contributed by atoms with van der Waals surface area (Å²) in [4.78, 5) is 20.0. The topological polar surface area (TPSA) is 48.5 Å². The van der Waals surface area contributed by atoms with Gasteiger partial charge in [0.25, 0.3) is 0 Å². The van der Waals surface area contributed by atoms with Gasteiger partial charge < -0.3 is 15.1 Å². The number of carbonyl (C=O) groups is 1. The number of fused-ring (bicyclic) bond motifs is 1. The standard InChI is InChI=1S/C18H20N4O/c1-4-17(23)21(3)15-10-16-18(19-11-15)20-13(2)22(16)12-14-8-6-5-7-9-14/h4-11,13H,1,12H2,2-3H3,(H,19,20). The highest BCUT2D eigenvalue weighted by atomic mass is 16.2. The molecule has 23 heavy (non-hydrogen) atoms. The summed E-state index contributed by atoms with van der Waals surface area (Å²) in [5, 5.41) is 3.37. The van der Waals surface area contributed by atoms with Crippen LogP contribution >= 0.6 is 0 Å². The van der Waals surface area contributed by atoms with E-state index in [0.29, 0.717) is 0 Å². The van der Waals surface area contributed by atoms with Crippen molar-refractivity contribution in [1.29, 1.82) is 0 Å². The summed E-state index contributed by atoms with van der Waals surface area (Å²) in [6.07, 6.45) is 3.15. The Balaban J connectivity index is 1.91. The number of benzene rings is 1. The van der Waals surface area contributed by atoms with E-state index in [1.54, 1.807) is 18.1 Å². The van der Waals surface area contributed by atoms with Crippen LogP contribution in [0.2, 0.25) is 0 Å². The predicted octanol–water partition coefficient (Wildman–Crippen LogP) is 3.01. The normalized spacial score (nSPS) is 15.7. The lowest BCUT2D eigenvalue weighted by atomic mass is 10.2. The van der Waals surface area contributed by atoms with Crippen molar-refractivity contribution in [3.8, 4) is 0 Å². The minimum Gasteiger partial charge on any atom is -0.349 e. The van der Waals surface area contributed by atoms with Crippen LogP contribution in [0.25, 0.3) is 0 Å². The maximum absolute atomic E-state index is 11.8. The van der Waals surface area contributed by atoms with Crippen molar-refractivity contribution in [2.24, 2.45) is 0 Å². The number of hydrogen-bond donors (Lipinski definition) is 1. The van der Waals surface area contributed by atoms with E-state index in [9.17, 15) is 4.79 Å². The molecule has 1 aliphatic rings. The van der Waals surface area contributed by atoms with Crippen molar-refractivity contribution in [1.82, 2.24) is 4.98 Å². The molecule has 1 aromatic heterocycles. The highest BCUT2D eigenvalue weighted by Crippen LogP contribution is 2.36. The summed E-state index contributed by atoms with van der Waals surface area (Å²) in [6, 6.07) is 12.3. The molecule has 1 aromatic carbocycles. The Morgan fingerprint density at radius 2 is 2.17 bits per heavy atom. The predicted molar refractivity (Wildman–Crippen MR) is 93.6 cm³/mol. The lowest BCUT2D eigenvalue weighted by Crippen LogP contribution is -2.32. The fraction of sp³-hybridized carbons (Fsp3) is 0.222. The number of amides is 1. The Hall–Kier alpha value is -2.82. The number of rotatable bonds is 4. The second-order valence-electron chi connectivity index (χ2n) is 5.60. The van der Waals surface area contributed by atoms with Gasteiger partial charge in [-0.15, -0.1) is 0 Å². The number of anilines is 3. The number of carbonyl (C=O) groups excluding carboxylic acids is 1. The SMILES string of the molecule is C=CC(=O)N(C)c1cnc2c(c1)N(Cc1ccccc1)C(C)N2. The van der Waals surface area contributed by atoms with Crippen LogP contribution in [0.1, 0.15) is 12.5 Å². The van der Waals surface area contributed by atoms with Crippen molar-refractivity contribution in [2.75, 3.05) is 22.2 Å². The largest absolute Gasteiger partial charge is 0.349 e. The first-order valence-corrected chi connectivity index (χ1v) is 7.57. The number of hydrogen-bond acceptors (Lipinski definition) is 4. The van der Waals surface area contributed by atoms with Gasteiger partial charge in [0.05, 0.1) is 23.7 Å². The Bertz CT molecular complexity index is 729. The van der Waals surface area contributed by atoms with Crippen molar-refractivity contribution in [3.63, 3.8) is 0 Å². The molecule has 2 heterocycles. The highest BCUT2D eigenvalue weighted by Gasteiger charge is 2.27. The number of nitrogens with zero attached hydrogens (tertiary/aromatic N) is 3. The van der Waals surface area contributed by atoms with E-state index in [1.165, 1.54) is 11.6 Å². The van der Waals surface area contributed by atoms with Gasteiger partial charge in [0, 0.05) is 13.6 Å². The Morgan fingerprint density at radius 1 is 1.43 bits per heavy atom. The molecule has 1 amide bonds. The third-order valence-electron chi connectivity index (χ3n) is 4.06. The monoisotopic (exact) mass is 308 g/mol. The van der Waals surface area contributed by atoms with E-state index in [1.807, 2.05) is 24.3 Å². The molecule has 5 heteroatoms. The molecule has 2 aromatic rings. The highest BCUT2D eigenvalue weighted by molar-refractivity contribution is 6.01. The second kappa shape index (κ2) is 6.12. The summed E-state index contributed by atoms with van der Waals surface area (Å²) < 4.78 is 0. The molecule has 5 nitrogen and oxygen atoms in total. The molecule has 3 rings (SSSR count). The molecule has 1 unspecified atom stereocenters. The lowest BCUT2D eigenvalue weighted by Gasteiger charge is -2.24. The summed E-state index contributed by atoms with van der Waals surface area (Å²) in [5.41, 5.74) is 2.99. The van der Waals surface area contributed by atoms with E-state index in [0.717, 1.165) is 23.7 Å². The van der Waals surface area contributed by atoms with Crippen LogP contribution < -0.4 is 15.1 Å². The zero-order chi connectivity index (χ0) is 16.4. The van der Waals surface area contributed by atoms with E-state index in [2.05, 4.69) is 40.8 Å². The van der Waals surface area contributed by atoms with Gasteiger partial charge in [0.2, 0.25) is 5.91 Å². The first kappa shape index (κ1) is 15.1. The minimum atomic E-state index is -0.152. The van der Waals surface area contributed by atoms with Gasteiger partial charge in [0.1, 0.15) is 0 Å². The quantitative estimate of drug-likeness (QED) is 0.882. The molecular weight excluding hydrogens is 288 g/mol. The molecule has 0 fully saturated rings. The fourth-order valence-corrected chi connectivity index (χ4v) is 2.71. The zero-order valence-electron chi connectivity index (χ0n) is 13.4. The summed E-state index contributed by atoms with van der Waals surface area (Å²) in [6.45, 7) is 6.41. The molecule has 118 valence electrons. The molecule has 0 radical (unpaired) electrons. The third kappa shape index (κ3) is 2.90. The van der Waals surface area contributed by atoms with Crippen LogP contribution in [-0.4, -0.2) is 24.1 Å². The molecule has 1 aliphatic heterocycles. The maximum atomic E-state index is 11.8. The van der Waals surface area contributed by atoms with Gasteiger partial charge in [-0.25, -0.2) is 4.98 Å². The van der Waals surface area contributed by atoms with Crippen molar-refractivity contribution >= 4 is 23.1 Å². The third-order valence-corrected chi connectivity index (χ3v) is 4.06. The number of aromatic nitrogens is 1. The smallest absolute Gasteiger partial charge is 0.250 e. The average Bonchev–Trinajstić information content (AvgIpc) is 2.89. The number of likely N-dealkylation sites (N-methyl/N-ethyl adjacent to an activating group) is 1. The first-order valence-electron chi connectivity index (χ1n) is 7.57. The molecule has 0 aliphatic carbocycles. The van der Waals surface area contributed by atoms with E-state index < -0.39 is 0 Å². The first-order chi connectivity index (χ1) is 11.1. The van der Waals surface area contributed by atoms with Crippen molar-refractivity contribution in [2.45, 2.75) is 19.6 Å². The molecule has 0 bridgehead atoms. The van der Waals surface area contributed by atoms with Crippen LogP contribution in [0.15, 0.2) is 55.3 Å². The summed E-state index contributed by atoms with van der Waals surface area (Å²) in [5.74, 6) is 0.692. The molecule has 0 spiro atoms. The molecule has 0 saturated heterocycles. The van der Waals surface area contributed by atoms with Crippen LogP contribution in [0, 0.1) is 0 Å². The summed E-state index contributed by atoms with van der Waals surface area (Å²) >= 11 is 0. The van der Waals surface area contributed by atoms with Crippen LogP contribution in [0.3, 0.4) is 0 Å². The fourth-order valence-electron chi connectivity index (χ4n) is 2.71. The maximum Gasteiger partial charge on any atom is 0.250 e. The second-order valence-corrected chi connectivity index (χ2v) is 5.60. The van der Waals surface area contributed by atoms with Crippen LogP contribution in [0.4, 0.5) is 17.2 Å². The lowest BCUT2D eigenvalue weighted by molar-refractivity contribution is -0.113. The van der Waals surface area contributed by atoms with Gasteiger partial charge in [0.15, 0.2) is 5.82 Å². The Kier molecular flexibility index (Phi) is 4.02. The van der Waals surface area contributed by atoms with E-state index in [-0.39, 0.29) is 12.1 Å². The molecule has 0 saturated carbocycles. The van der Waals surface area contributed by atoms with Gasteiger partial charge in [-0.05, 0) is 24.6 Å². The number of nitrogens with one attached hydrogen (secondary N) is 1. The zero-order valence-corrected chi connectivity index (χ0v) is 13.4.